The van der Waals surface area contributed by atoms with Crippen molar-refractivity contribution in [3.63, 3.8) is 0 Å². The van der Waals surface area contributed by atoms with E-state index in [-0.39, 0.29) is 47.6 Å². The SMILES string of the molecule is C.CC(C)C.C[CH-]C.[CH3-].[Y]. The van der Waals surface area contributed by atoms with Crippen LogP contribution in [-0.2, 0) is 32.7 Å². The second-order valence-electron chi connectivity index (χ2n) is 2.31. The van der Waals surface area contributed by atoms with Crippen LogP contribution in [0.1, 0.15) is 42.0 Å². The van der Waals surface area contributed by atoms with Gasteiger partial charge in [0.1, 0.15) is 0 Å². The Balaban J connectivity index is -0.0000000131. The van der Waals surface area contributed by atoms with Gasteiger partial charge in [-0.25, -0.2) is 0 Å². The van der Waals surface area contributed by atoms with Crippen LogP contribution in [0, 0.1) is 19.8 Å². The van der Waals surface area contributed by atoms with Crippen molar-refractivity contribution in [3.8, 4) is 0 Å². The van der Waals surface area contributed by atoms with Gasteiger partial charge in [-0.2, -0.15) is 13.8 Å². The minimum Gasteiger partial charge on any atom is -0.358 e. The second kappa shape index (κ2) is 32.1. The summed E-state index contributed by atoms with van der Waals surface area (Å²) in [6, 6.07) is 0. The van der Waals surface area contributed by atoms with E-state index in [0.29, 0.717) is 0 Å². The molecule has 0 spiro atoms. The molecule has 0 fully saturated rings. The van der Waals surface area contributed by atoms with Gasteiger partial charge in [-0.15, -0.1) is 0 Å². The van der Waals surface area contributed by atoms with Gasteiger partial charge in [0.25, 0.3) is 0 Å². The zero-order chi connectivity index (χ0) is 6.28. The van der Waals surface area contributed by atoms with E-state index in [1.165, 1.54) is 0 Å². The van der Waals surface area contributed by atoms with E-state index in [0.717, 1.165) is 5.92 Å². The Morgan fingerprint density at radius 2 is 1.00 bits per heavy atom. The molecule has 0 bridgehead atoms. The molecular formula is C9H24Y-2. The van der Waals surface area contributed by atoms with Crippen molar-refractivity contribution in [2.75, 3.05) is 0 Å². The van der Waals surface area contributed by atoms with Gasteiger partial charge in [0.2, 0.25) is 0 Å². The second-order valence-corrected chi connectivity index (χ2v) is 2.31. The Bertz CT molecular complexity index is 15.9. The topological polar surface area (TPSA) is 0 Å². The average Bonchev–Trinajstić information content (AvgIpc) is 1.33. The van der Waals surface area contributed by atoms with Gasteiger partial charge in [0.15, 0.2) is 0 Å². The van der Waals surface area contributed by atoms with Crippen molar-refractivity contribution in [3.05, 3.63) is 13.8 Å². The minimum absolute atomic E-state index is 0. The van der Waals surface area contributed by atoms with Gasteiger partial charge >= 0.3 is 0 Å². The molecule has 0 N–H and O–H groups in total. The van der Waals surface area contributed by atoms with Crippen molar-refractivity contribution >= 4 is 0 Å². The third-order valence-electron chi connectivity index (χ3n) is 0. The monoisotopic (exact) mass is 221 g/mol. The number of hydrogen-bond acceptors (Lipinski definition) is 0. The maximum absolute atomic E-state index is 2.17. The van der Waals surface area contributed by atoms with Crippen LogP contribution in [0.4, 0.5) is 0 Å². The molecule has 0 unspecified atom stereocenters. The fourth-order valence-corrected chi connectivity index (χ4v) is 0. The van der Waals surface area contributed by atoms with E-state index in [4.69, 9.17) is 0 Å². The summed E-state index contributed by atoms with van der Waals surface area (Å²) in [7, 11) is 0. The first-order valence-corrected chi connectivity index (χ1v) is 2.89. The van der Waals surface area contributed by atoms with Crippen molar-refractivity contribution in [1.82, 2.24) is 0 Å². The molecule has 0 aliphatic carbocycles. The summed E-state index contributed by atoms with van der Waals surface area (Å²) in [4.78, 5) is 0. The molecule has 0 aliphatic heterocycles. The number of rotatable bonds is 0. The van der Waals surface area contributed by atoms with Gasteiger partial charge in [0.05, 0.1) is 0 Å². The van der Waals surface area contributed by atoms with Crippen LogP contribution >= 0.6 is 0 Å². The molecule has 0 aliphatic rings. The fraction of sp³-hybridized carbons (Fsp3) is 0.778. The molecule has 0 nitrogen and oxygen atoms in total. The average molecular weight is 221 g/mol. The largest absolute Gasteiger partial charge is 0.358 e. The van der Waals surface area contributed by atoms with Crippen LogP contribution < -0.4 is 0 Å². The molecule has 0 aromatic heterocycles. The summed E-state index contributed by atoms with van der Waals surface area (Å²) in [6.07, 6.45) is 2.00. The van der Waals surface area contributed by atoms with E-state index in [1.54, 1.807) is 0 Å². The minimum atomic E-state index is 0. The van der Waals surface area contributed by atoms with E-state index in [2.05, 4.69) is 20.8 Å². The number of hydrogen-bond donors (Lipinski definition) is 0. The Labute approximate surface area is 94.1 Å². The summed E-state index contributed by atoms with van der Waals surface area (Å²) in [5.74, 6) is 0.833. The van der Waals surface area contributed by atoms with Crippen molar-refractivity contribution in [2.45, 2.75) is 42.0 Å². The van der Waals surface area contributed by atoms with Gasteiger partial charge in [0, 0.05) is 32.7 Å². The van der Waals surface area contributed by atoms with Gasteiger partial charge in [-0.05, 0) is 5.92 Å². The molecule has 0 heterocycles. The molecule has 0 rings (SSSR count). The van der Waals surface area contributed by atoms with E-state index in [9.17, 15) is 0 Å². The summed E-state index contributed by atoms with van der Waals surface area (Å²) in [6.45, 7) is 10.5. The Morgan fingerprint density at radius 3 is 1.00 bits per heavy atom. The van der Waals surface area contributed by atoms with Gasteiger partial charge in [-0.3, -0.25) is 0 Å². The summed E-state index contributed by atoms with van der Waals surface area (Å²) in [5.41, 5.74) is 0. The molecule has 65 valence electrons. The van der Waals surface area contributed by atoms with Crippen LogP contribution in [0.5, 0.6) is 0 Å². The van der Waals surface area contributed by atoms with Crippen LogP contribution in [0.3, 0.4) is 0 Å². The van der Waals surface area contributed by atoms with Crippen LogP contribution in [0.25, 0.3) is 0 Å². The van der Waals surface area contributed by atoms with E-state index < -0.39 is 0 Å². The summed E-state index contributed by atoms with van der Waals surface area (Å²) >= 11 is 0. The molecule has 1 radical (unpaired) electrons. The first-order valence-electron chi connectivity index (χ1n) is 2.89. The summed E-state index contributed by atoms with van der Waals surface area (Å²) in [5, 5.41) is 0. The fourth-order valence-electron chi connectivity index (χ4n) is 0. The molecule has 0 amide bonds. The standard InChI is InChI=1S/C4H10.C3H7.CH4.CH3.Y/c1-4(2)3;1-3-2;;;/h4H,1-3H3;3H,1-2H3;1H4;1H3;/q;-1;;-1;. The Morgan fingerprint density at radius 1 is 1.00 bits per heavy atom. The van der Waals surface area contributed by atoms with E-state index >= 15 is 0 Å². The quantitative estimate of drug-likeness (QED) is 0.543. The van der Waals surface area contributed by atoms with Gasteiger partial charge in [-0.1, -0.05) is 28.2 Å². The van der Waals surface area contributed by atoms with Crippen molar-refractivity contribution in [2.24, 2.45) is 5.92 Å². The zero-order valence-electron chi connectivity index (χ0n) is 7.73. The molecule has 0 aromatic carbocycles. The molecule has 0 saturated heterocycles. The van der Waals surface area contributed by atoms with Crippen molar-refractivity contribution < 1.29 is 32.7 Å². The normalized spacial score (nSPS) is 5.40. The smallest absolute Gasteiger partial charge is 0 e. The molecular weight excluding hydrogens is 197 g/mol. The Kier molecular flexibility index (Phi) is 97.8. The molecule has 0 saturated carbocycles. The molecule has 1 heteroatoms. The molecule has 10 heavy (non-hydrogen) atoms. The third kappa shape index (κ3) is 491. The van der Waals surface area contributed by atoms with Crippen LogP contribution in [0.15, 0.2) is 0 Å². The predicted molar refractivity (Wildman–Crippen MR) is 49.3 cm³/mol. The zero-order valence-corrected chi connectivity index (χ0v) is 10.6. The van der Waals surface area contributed by atoms with E-state index in [1.807, 2.05) is 20.3 Å². The third-order valence-corrected chi connectivity index (χ3v) is 0. The van der Waals surface area contributed by atoms with Crippen molar-refractivity contribution in [1.29, 1.82) is 0 Å². The first-order chi connectivity index (χ1) is 3.15. The van der Waals surface area contributed by atoms with Gasteiger partial charge < -0.3 is 13.8 Å². The van der Waals surface area contributed by atoms with Crippen LogP contribution in [-0.4, -0.2) is 0 Å². The summed E-state index contributed by atoms with van der Waals surface area (Å²) < 4.78 is 0. The maximum atomic E-state index is 2.17. The molecule has 0 atom stereocenters. The maximum Gasteiger partial charge on any atom is 0 e. The molecule has 0 aromatic rings. The van der Waals surface area contributed by atoms with Crippen LogP contribution in [0.2, 0.25) is 0 Å². The predicted octanol–water partition coefficient (Wildman–Crippen LogP) is 3.98. The first kappa shape index (κ1) is 30.4. The Hall–Kier alpha value is 1.10.